The van der Waals surface area contributed by atoms with Gasteiger partial charge in [0, 0.05) is 31.4 Å². The summed E-state index contributed by atoms with van der Waals surface area (Å²) in [6, 6.07) is 3.32. The summed E-state index contributed by atoms with van der Waals surface area (Å²) in [5.41, 5.74) is 0.600. The Balaban J connectivity index is 2.63. The maximum absolute atomic E-state index is 11.8. The van der Waals surface area contributed by atoms with Crippen LogP contribution in [0.4, 0.5) is 0 Å². The van der Waals surface area contributed by atoms with Gasteiger partial charge in [0.05, 0.1) is 0 Å². The van der Waals surface area contributed by atoms with Crippen LogP contribution in [0.25, 0.3) is 0 Å². The number of hydrogen-bond acceptors (Lipinski definition) is 3. The molecule has 0 amide bonds. The average molecular weight is 228 g/mol. The lowest BCUT2D eigenvalue weighted by atomic mass is 9.98. The molecule has 0 aromatic carbocycles. The largest absolute Gasteiger partial charge is 0.385 e. The smallest absolute Gasteiger partial charge is 0.167 e. The Morgan fingerprint density at radius 1 is 1.60 bits per heavy atom. The van der Waals surface area contributed by atoms with Gasteiger partial charge in [0.25, 0.3) is 0 Å². The van der Waals surface area contributed by atoms with Crippen LogP contribution in [0.15, 0.2) is 18.3 Å². The standard InChI is InChI=1S/C11H14ClNO2/c1-8(5-6-15-2)11(14)9-3-4-10(12)13-7-9/h3-4,7-8H,5-6H2,1-2H3. The Hall–Kier alpha value is -0.930. The van der Waals surface area contributed by atoms with Crippen LogP contribution < -0.4 is 0 Å². The minimum atomic E-state index is -0.0482. The van der Waals surface area contributed by atoms with Gasteiger partial charge in [-0.15, -0.1) is 0 Å². The summed E-state index contributed by atoms with van der Waals surface area (Å²) in [4.78, 5) is 15.7. The summed E-state index contributed by atoms with van der Waals surface area (Å²) in [5.74, 6) is 0.0316. The Morgan fingerprint density at radius 3 is 2.87 bits per heavy atom. The molecule has 0 radical (unpaired) electrons. The highest BCUT2D eigenvalue weighted by molar-refractivity contribution is 6.29. The number of carbonyl (C=O) groups is 1. The highest BCUT2D eigenvalue weighted by atomic mass is 35.5. The molecular formula is C11H14ClNO2. The van der Waals surface area contributed by atoms with Crippen LogP contribution >= 0.6 is 11.6 Å². The number of ether oxygens (including phenoxy) is 1. The number of ketones is 1. The minimum absolute atomic E-state index is 0.0482. The molecule has 1 heterocycles. The molecule has 0 saturated heterocycles. The average Bonchev–Trinajstić information content (AvgIpc) is 2.26. The highest BCUT2D eigenvalue weighted by Gasteiger charge is 2.14. The normalized spacial score (nSPS) is 12.5. The van der Waals surface area contributed by atoms with Crippen LogP contribution in [-0.4, -0.2) is 24.5 Å². The molecule has 1 atom stereocenters. The third-order valence-electron chi connectivity index (χ3n) is 2.21. The first-order chi connectivity index (χ1) is 7.15. The van der Waals surface area contributed by atoms with E-state index in [1.807, 2.05) is 6.92 Å². The Morgan fingerprint density at radius 2 is 2.33 bits per heavy atom. The van der Waals surface area contributed by atoms with Crippen molar-refractivity contribution in [1.82, 2.24) is 4.98 Å². The zero-order chi connectivity index (χ0) is 11.3. The topological polar surface area (TPSA) is 39.2 Å². The fourth-order valence-corrected chi connectivity index (χ4v) is 1.34. The van der Waals surface area contributed by atoms with Crippen molar-refractivity contribution < 1.29 is 9.53 Å². The first kappa shape index (κ1) is 12.1. The van der Waals surface area contributed by atoms with Crippen LogP contribution in [0.3, 0.4) is 0 Å². The van der Waals surface area contributed by atoms with Gasteiger partial charge < -0.3 is 4.74 Å². The van der Waals surface area contributed by atoms with Gasteiger partial charge in [-0.1, -0.05) is 18.5 Å². The highest BCUT2D eigenvalue weighted by Crippen LogP contribution is 2.13. The van der Waals surface area contributed by atoms with E-state index in [9.17, 15) is 4.79 Å². The van der Waals surface area contributed by atoms with E-state index in [1.165, 1.54) is 6.20 Å². The molecular weight excluding hydrogens is 214 g/mol. The summed E-state index contributed by atoms with van der Waals surface area (Å²) in [7, 11) is 1.63. The van der Waals surface area contributed by atoms with Crippen LogP contribution in [0.2, 0.25) is 5.15 Å². The van der Waals surface area contributed by atoms with Crippen molar-refractivity contribution in [2.75, 3.05) is 13.7 Å². The van der Waals surface area contributed by atoms with Gasteiger partial charge in [0.1, 0.15) is 5.15 Å². The molecule has 0 aliphatic carbocycles. The molecule has 0 N–H and O–H groups in total. The first-order valence-corrected chi connectivity index (χ1v) is 5.17. The summed E-state index contributed by atoms with van der Waals surface area (Å²) in [6.07, 6.45) is 2.23. The number of methoxy groups -OCH3 is 1. The van der Waals surface area contributed by atoms with Crippen molar-refractivity contribution in [3.8, 4) is 0 Å². The van der Waals surface area contributed by atoms with Crippen molar-refractivity contribution in [1.29, 1.82) is 0 Å². The summed E-state index contributed by atoms with van der Waals surface area (Å²) in [5, 5.41) is 0.399. The van der Waals surface area contributed by atoms with Gasteiger partial charge in [-0.05, 0) is 18.6 Å². The molecule has 0 bridgehead atoms. The van der Waals surface area contributed by atoms with E-state index < -0.39 is 0 Å². The molecule has 82 valence electrons. The molecule has 1 aromatic rings. The minimum Gasteiger partial charge on any atom is -0.385 e. The first-order valence-electron chi connectivity index (χ1n) is 4.80. The van der Waals surface area contributed by atoms with Crippen molar-refractivity contribution in [2.24, 2.45) is 5.92 Å². The van der Waals surface area contributed by atoms with E-state index in [0.29, 0.717) is 17.3 Å². The number of halogens is 1. The zero-order valence-corrected chi connectivity index (χ0v) is 9.62. The Kier molecular flexibility index (Phi) is 4.72. The van der Waals surface area contributed by atoms with Crippen LogP contribution in [-0.2, 0) is 4.74 Å². The molecule has 3 nitrogen and oxygen atoms in total. The second-order valence-corrected chi connectivity index (χ2v) is 3.80. The number of aromatic nitrogens is 1. The summed E-state index contributed by atoms with van der Waals surface area (Å²) < 4.78 is 4.93. The maximum atomic E-state index is 11.8. The maximum Gasteiger partial charge on any atom is 0.167 e. The molecule has 0 saturated carbocycles. The molecule has 0 spiro atoms. The summed E-state index contributed by atoms with van der Waals surface area (Å²) >= 11 is 5.64. The van der Waals surface area contributed by atoms with E-state index in [4.69, 9.17) is 16.3 Å². The van der Waals surface area contributed by atoms with E-state index in [2.05, 4.69) is 4.98 Å². The van der Waals surface area contributed by atoms with Gasteiger partial charge in [-0.25, -0.2) is 4.98 Å². The Labute approximate surface area is 94.4 Å². The number of hydrogen-bond donors (Lipinski definition) is 0. The fraction of sp³-hybridized carbons (Fsp3) is 0.455. The lowest BCUT2D eigenvalue weighted by Crippen LogP contribution is -2.13. The lowest BCUT2D eigenvalue weighted by molar-refractivity contribution is 0.0893. The lowest BCUT2D eigenvalue weighted by Gasteiger charge is -2.09. The molecule has 0 aliphatic rings. The number of nitrogens with zero attached hydrogens (tertiary/aromatic N) is 1. The second-order valence-electron chi connectivity index (χ2n) is 3.42. The second kappa shape index (κ2) is 5.83. The van der Waals surface area contributed by atoms with Gasteiger partial charge in [-0.3, -0.25) is 4.79 Å². The SMILES string of the molecule is COCCC(C)C(=O)c1ccc(Cl)nc1. The number of pyridine rings is 1. The fourth-order valence-electron chi connectivity index (χ4n) is 1.23. The van der Waals surface area contributed by atoms with Crippen molar-refractivity contribution >= 4 is 17.4 Å². The van der Waals surface area contributed by atoms with Crippen LogP contribution in [0.5, 0.6) is 0 Å². The van der Waals surface area contributed by atoms with Crippen LogP contribution in [0.1, 0.15) is 23.7 Å². The Bertz CT molecular complexity index is 324. The number of carbonyl (C=O) groups excluding carboxylic acids is 1. The molecule has 0 fully saturated rings. The molecule has 15 heavy (non-hydrogen) atoms. The quantitative estimate of drug-likeness (QED) is 0.573. The predicted molar refractivity (Wildman–Crippen MR) is 59.2 cm³/mol. The predicted octanol–water partition coefficient (Wildman–Crippen LogP) is 2.59. The molecule has 0 aliphatic heterocycles. The van der Waals surface area contributed by atoms with Gasteiger partial charge >= 0.3 is 0 Å². The van der Waals surface area contributed by atoms with Gasteiger partial charge in [-0.2, -0.15) is 0 Å². The van der Waals surface area contributed by atoms with Gasteiger partial charge in [0.2, 0.25) is 0 Å². The molecule has 1 rings (SSSR count). The van der Waals surface area contributed by atoms with Crippen LogP contribution in [0, 0.1) is 5.92 Å². The van der Waals surface area contributed by atoms with E-state index in [-0.39, 0.29) is 11.7 Å². The van der Waals surface area contributed by atoms with E-state index in [0.717, 1.165) is 6.42 Å². The van der Waals surface area contributed by atoms with Crippen molar-refractivity contribution in [3.63, 3.8) is 0 Å². The van der Waals surface area contributed by atoms with Gasteiger partial charge in [0.15, 0.2) is 5.78 Å². The molecule has 1 aromatic heterocycles. The number of Topliss-reactive ketones (excluding diaryl/α,β-unsaturated/α-hetero) is 1. The monoisotopic (exact) mass is 227 g/mol. The number of rotatable bonds is 5. The third-order valence-corrected chi connectivity index (χ3v) is 2.44. The van der Waals surface area contributed by atoms with Crippen molar-refractivity contribution in [2.45, 2.75) is 13.3 Å². The third kappa shape index (κ3) is 3.61. The van der Waals surface area contributed by atoms with Crippen molar-refractivity contribution in [3.05, 3.63) is 29.0 Å². The van der Waals surface area contributed by atoms with E-state index >= 15 is 0 Å². The molecule has 1 unspecified atom stereocenters. The van der Waals surface area contributed by atoms with E-state index in [1.54, 1.807) is 19.2 Å². The zero-order valence-electron chi connectivity index (χ0n) is 8.87. The molecule has 4 heteroatoms. The summed E-state index contributed by atoms with van der Waals surface area (Å²) in [6.45, 7) is 2.48.